The third-order valence-electron chi connectivity index (χ3n) is 4.62. The third kappa shape index (κ3) is 5.61. The summed E-state index contributed by atoms with van der Waals surface area (Å²) >= 11 is 0. The van der Waals surface area contributed by atoms with Crippen molar-refractivity contribution in [1.82, 2.24) is 15.5 Å². The lowest BCUT2D eigenvalue weighted by molar-refractivity contribution is 0.0724. The largest absolute Gasteiger partial charge is 0.467 e. The van der Waals surface area contributed by atoms with Crippen molar-refractivity contribution in [2.24, 2.45) is 4.99 Å². The van der Waals surface area contributed by atoms with E-state index in [1.807, 2.05) is 48.2 Å². The molecule has 6 heteroatoms. The van der Waals surface area contributed by atoms with Crippen LogP contribution in [0.5, 0.6) is 0 Å². The van der Waals surface area contributed by atoms with Crippen LogP contribution in [0, 0.1) is 0 Å². The quantitative estimate of drug-likeness (QED) is 0.607. The Morgan fingerprint density at radius 2 is 1.89 bits per heavy atom. The fourth-order valence-corrected chi connectivity index (χ4v) is 3.13. The van der Waals surface area contributed by atoms with Crippen molar-refractivity contribution in [2.75, 3.05) is 19.6 Å². The van der Waals surface area contributed by atoms with Crippen LogP contribution < -0.4 is 10.6 Å². The maximum Gasteiger partial charge on any atom is 0.253 e. The van der Waals surface area contributed by atoms with E-state index in [0.717, 1.165) is 55.3 Å². The Bertz CT molecular complexity index is 732. The summed E-state index contributed by atoms with van der Waals surface area (Å²) in [7, 11) is 0. The van der Waals surface area contributed by atoms with Crippen molar-refractivity contribution in [3.05, 3.63) is 59.5 Å². The molecule has 0 spiro atoms. The van der Waals surface area contributed by atoms with Gasteiger partial charge in [-0.25, -0.2) is 4.99 Å². The lowest BCUT2D eigenvalue weighted by Crippen LogP contribution is -2.36. The van der Waals surface area contributed by atoms with Gasteiger partial charge in [0.2, 0.25) is 0 Å². The Morgan fingerprint density at radius 3 is 2.56 bits per heavy atom. The number of rotatable bonds is 6. The standard InChI is InChI=1S/C21H28N4O2/c1-2-22-21(24-16-19-7-6-14-27-19)23-15-17-8-10-18(11-9-17)20(26)25-12-4-3-5-13-25/h6-11,14H,2-5,12-13,15-16H2,1H3,(H2,22,23,24). The molecule has 0 atom stereocenters. The normalized spacial score (nSPS) is 14.9. The smallest absolute Gasteiger partial charge is 0.253 e. The van der Waals surface area contributed by atoms with Gasteiger partial charge >= 0.3 is 0 Å². The van der Waals surface area contributed by atoms with Crippen LogP contribution in [-0.2, 0) is 13.1 Å². The molecule has 1 aliphatic rings. The van der Waals surface area contributed by atoms with E-state index in [1.165, 1.54) is 6.42 Å². The monoisotopic (exact) mass is 368 g/mol. The number of carbonyl (C=O) groups excluding carboxylic acids is 1. The molecule has 1 amide bonds. The molecule has 2 heterocycles. The van der Waals surface area contributed by atoms with E-state index >= 15 is 0 Å². The van der Waals surface area contributed by atoms with Crippen LogP contribution in [0.25, 0.3) is 0 Å². The van der Waals surface area contributed by atoms with Gasteiger partial charge in [0.05, 0.1) is 19.4 Å². The van der Waals surface area contributed by atoms with E-state index in [4.69, 9.17) is 4.42 Å². The number of nitrogens with zero attached hydrogens (tertiary/aromatic N) is 2. The molecule has 0 aliphatic carbocycles. The second-order valence-electron chi connectivity index (χ2n) is 6.68. The third-order valence-corrected chi connectivity index (χ3v) is 4.62. The average Bonchev–Trinajstić information content (AvgIpc) is 3.24. The van der Waals surface area contributed by atoms with Crippen LogP contribution in [-0.4, -0.2) is 36.4 Å². The molecule has 2 N–H and O–H groups in total. The SMILES string of the molecule is CCNC(=NCc1ccc(C(=O)N2CCCCC2)cc1)NCc1ccco1. The molecule has 0 saturated carbocycles. The predicted molar refractivity (Wildman–Crippen MR) is 107 cm³/mol. The van der Waals surface area contributed by atoms with Gasteiger partial charge in [-0.15, -0.1) is 0 Å². The van der Waals surface area contributed by atoms with Crippen molar-refractivity contribution in [3.63, 3.8) is 0 Å². The molecule has 1 aliphatic heterocycles. The van der Waals surface area contributed by atoms with E-state index < -0.39 is 0 Å². The maximum absolute atomic E-state index is 12.5. The summed E-state index contributed by atoms with van der Waals surface area (Å²) in [6.45, 7) is 5.70. The molecule has 1 aromatic heterocycles. The zero-order valence-corrected chi connectivity index (χ0v) is 15.9. The fourth-order valence-electron chi connectivity index (χ4n) is 3.13. The lowest BCUT2D eigenvalue weighted by atomic mass is 10.1. The number of furan rings is 1. The summed E-state index contributed by atoms with van der Waals surface area (Å²) in [6.07, 6.45) is 5.10. The second kappa shape index (κ2) is 9.80. The predicted octanol–water partition coefficient (Wildman–Crippen LogP) is 3.16. The number of hydrogen-bond acceptors (Lipinski definition) is 3. The molecule has 144 valence electrons. The minimum atomic E-state index is 0.137. The molecule has 2 aromatic rings. The summed E-state index contributed by atoms with van der Waals surface area (Å²) in [5.74, 6) is 1.74. The maximum atomic E-state index is 12.5. The lowest BCUT2D eigenvalue weighted by Gasteiger charge is -2.26. The van der Waals surface area contributed by atoms with Crippen LogP contribution in [0.15, 0.2) is 52.1 Å². The van der Waals surface area contributed by atoms with Gasteiger partial charge < -0.3 is 20.0 Å². The fraction of sp³-hybridized carbons (Fsp3) is 0.429. The molecule has 0 bridgehead atoms. The van der Waals surface area contributed by atoms with Crippen molar-refractivity contribution in [2.45, 2.75) is 39.3 Å². The molecule has 27 heavy (non-hydrogen) atoms. The molecular weight excluding hydrogens is 340 g/mol. The van der Waals surface area contributed by atoms with E-state index in [1.54, 1.807) is 6.26 Å². The Kier molecular flexibility index (Phi) is 6.90. The van der Waals surface area contributed by atoms with E-state index in [9.17, 15) is 4.79 Å². The Hall–Kier alpha value is -2.76. The van der Waals surface area contributed by atoms with Crippen molar-refractivity contribution in [1.29, 1.82) is 0 Å². The molecule has 1 aromatic carbocycles. The van der Waals surface area contributed by atoms with Gasteiger partial charge in [-0.1, -0.05) is 12.1 Å². The van der Waals surface area contributed by atoms with Crippen LogP contribution in [0.3, 0.4) is 0 Å². The van der Waals surface area contributed by atoms with Crippen LogP contribution >= 0.6 is 0 Å². The highest BCUT2D eigenvalue weighted by Gasteiger charge is 2.17. The number of guanidine groups is 1. The number of hydrogen-bond donors (Lipinski definition) is 2. The minimum absolute atomic E-state index is 0.137. The van der Waals surface area contributed by atoms with Gasteiger partial charge in [-0.3, -0.25) is 4.79 Å². The number of carbonyl (C=O) groups is 1. The van der Waals surface area contributed by atoms with Gasteiger partial charge in [-0.2, -0.15) is 0 Å². The average molecular weight is 368 g/mol. The van der Waals surface area contributed by atoms with Crippen LogP contribution in [0.2, 0.25) is 0 Å². The zero-order valence-electron chi connectivity index (χ0n) is 15.9. The zero-order chi connectivity index (χ0) is 18.9. The number of amides is 1. The van der Waals surface area contributed by atoms with E-state index in [-0.39, 0.29) is 5.91 Å². The Morgan fingerprint density at radius 1 is 1.11 bits per heavy atom. The first-order chi connectivity index (χ1) is 13.3. The Balaban J connectivity index is 1.56. The summed E-state index contributed by atoms with van der Waals surface area (Å²) in [5.41, 5.74) is 1.83. The van der Waals surface area contributed by atoms with E-state index in [0.29, 0.717) is 13.1 Å². The highest BCUT2D eigenvalue weighted by atomic mass is 16.3. The highest BCUT2D eigenvalue weighted by Crippen LogP contribution is 2.14. The van der Waals surface area contributed by atoms with Crippen molar-refractivity contribution in [3.8, 4) is 0 Å². The summed E-state index contributed by atoms with van der Waals surface area (Å²) in [4.78, 5) is 19.1. The van der Waals surface area contributed by atoms with Gasteiger partial charge in [0, 0.05) is 25.2 Å². The highest BCUT2D eigenvalue weighted by molar-refractivity contribution is 5.94. The number of piperidine rings is 1. The summed E-state index contributed by atoms with van der Waals surface area (Å²) in [5, 5.41) is 6.47. The molecule has 1 saturated heterocycles. The number of benzene rings is 1. The molecule has 3 rings (SSSR count). The summed E-state index contributed by atoms with van der Waals surface area (Å²) in [6, 6.07) is 11.6. The van der Waals surface area contributed by atoms with Gasteiger partial charge in [-0.05, 0) is 56.0 Å². The van der Waals surface area contributed by atoms with Crippen molar-refractivity contribution < 1.29 is 9.21 Å². The van der Waals surface area contributed by atoms with Gasteiger partial charge in [0.1, 0.15) is 5.76 Å². The first-order valence-corrected chi connectivity index (χ1v) is 9.69. The van der Waals surface area contributed by atoms with Crippen LogP contribution in [0.4, 0.5) is 0 Å². The van der Waals surface area contributed by atoms with E-state index in [2.05, 4.69) is 15.6 Å². The first kappa shape index (κ1) is 19.0. The molecule has 0 unspecified atom stereocenters. The molecule has 1 fully saturated rings. The summed E-state index contributed by atoms with van der Waals surface area (Å²) < 4.78 is 5.33. The Labute approximate surface area is 160 Å². The molecule has 6 nitrogen and oxygen atoms in total. The molecule has 0 radical (unpaired) electrons. The number of aliphatic imine (C=N–C) groups is 1. The molecular formula is C21H28N4O2. The van der Waals surface area contributed by atoms with Crippen molar-refractivity contribution >= 4 is 11.9 Å². The van der Waals surface area contributed by atoms with Crippen LogP contribution in [0.1, 0.15) is 47.9 Å². The van der Waals surface area contributed by atoms with Gasteiger partial charge in [0.25, 0.3) is 5.91 Å². The topological polar surface area (TPSA) is 69.9 Å². The number of nitrogens with one attached hydrogen (secondary N) is 2. The minimum Gasteiger partial charge on any atom is -0.467 e. The second-order valence-corrected chi connectivity index (χ2v) is 6.68. The van der Waals surface area contributed by atoms with Gasteiger partial charge in [0.15, 0.2) is 5.96 Å². The first-order valence-electron chi connectivity index (χ1n) is 9.69. The number of likely N-dealkylation sites (tertiary alicyclic amines) is 1.